The Bertz CT molecular complexity index is 756. The molecule has 0 bridgehead atoms. The van der Waals surface area contributed by atoms with Crippen molar-refractivity contribution in [3.63, 3.8) is 0 Å². The van der Waals surface area contributed by atoms with E-state index in [0.717, 1.165) is 44.8 Å². The summed E-state index contributed by atoms with van der Waals surface area (Å²) in [6, 6.07) is 7.90. The van der Waals surface area contributed by atoms with Crippen molar-refractivity contribution in [3.8, 4) is 6.07 Å². The molecule has 1 amide bonds. The highest BCUT2D eigenvalue weighted by Gasteiger charge is 2.18. The van der Waals surface area contributed by atoms with Crippen molar-refractivity contribution < 1.29 is 9.90 Å². The molecule has 1 aromatic heterocycles. The van der Waals surface area contributed by atoms with E-state index in [4.69, 9.17) is 10.4 Å². The lowest BCUT2D eigenvalue weighted by Gasteiger charge is -2.34. The lowest BCUT2D eigenvalue weighted by Crippen LogP contribution is -2.47. The second kappa shape index (κ2) is 7.34. The predicted molar refractivity (Wildman–Crippen MR) is 90.8 cm³/mol. The minimum atomic E-state index is -0.965. The Morgan fingerprint density at radius 2 is 2.04 bits per heavy atom. The van der Waals surface area contributed by atoms with Gasteiger partial charge >= 0.3 is 6.09 Å². The molecule has 0 atom stereocenters. The van der Waals surface area contributed by atoms with Crippen LogP contribution in [0.3, 0.4) is 0 Å². The summed E-state index contributed by atoms with van der Waals surface area (Å²) in [4.78, 5) is 18.4. The first-order chi connectivity index (χ1) is 11.7. The minimum Gasteiger partial charge on any atom is -0.465 e. The Hall–Kier alpha value is -2.56. The van der Waals surface area contributed by atoms with Gasteiger partial charge in [-0.05, 0) is 17.7 Å². The molecular weight excluding hydrogens is 306 g/mol. The zero-order valence-electron chi connectivity index (χ0n) is 13.5. The monoisotopic (exact) mass is 327 g/mol. The average Bonchev–Trinajstić information content (AvgIpc) is 2.98. The maximum absolute atomic E-state index is 10.5. The Balaban J connectivity index is 1.53. The summed E-state index contributed by atoms with van der Waals surface area (Å²) in [5.74, 6) is 0. The zero-order valence-corrected chi connectivity index (χ0v) is 13.5. The van der Waals surface area contributed by atoms with E-state index in [-0.39, 0.29) is 0 Å². The van der Waals surface area contributed by atoms with Crippen LogP contribution < -0.4 is 5.32 Å². The van der Waals surface area contributed by atoms with E-state index in [1.165, 1.54) is 10.9 Å². The number of nitrogens with zero attached hydrogens (tertiary/aromatic N) is 3. The van der Waals surface area contributed by atoms with Crippen LogP contribution in [0.25, 0.3) is 10.9 Å². The molecule has 3 N–H and O–H groups in total. The first-order valence-corrected chi connectivity index (χ1v) is 8.07. The van der Waals surface area contributed by atoms with Crippen LogP contribution in [0.15, 0.2) is 24.4 Å². The van der Waals surface area contributed by atoms with E-state index in [1.807, 2.05) is 24.4 Å². The molecule has 1 aliphatic heterocycles. The number of H-pyrrole nitrogens is 1. The maximum atomic E-state index is 10.5. The number of amides is 1. The number of carboxylic acid groups (broad SMARTS) is 1. The number of hydrogen-bond donors (Lipinski definition) is 3. The fourth-order valence-corrected chi connectivity index (χ4v) is 3.12. The average molecular weight is 327 g/mol. The van der Waals surface area contributed by atoms with Gasteiger partial charge in [-0.15, -0.1) is 0 Å². The second-order valence-electron chi connectivity index (χ2n) is 6.04. The molecule has 0 saturated carbocycles. The molecule has 7 heteroatoms. The van der Waals surface area contributed by atoms with Gasteiger partial charge in [-0.2, -0.15) is 5.26 Å². The SMILES string of the molecule is N#Cc1ccc2c(CN3CCN(CCNC(=O)O)CC3)c[nH]c2c1. The third kappa shape index (κ3) is 3.85. The Morgan fingerprint density at radius 3 is 2.75 bits per heavy atom. The third-order valence-corrected chi connectivity index (χ3v) is 4.46. The van der Waals surface area contributed by atoms with Gasteiger partial charge in [-0.25, -0.2) is 4.79 Å². The highest BCUT2D eigenvalue weighted by molar-refractivity contribution is 5.84. The second-order valence-corrected chi connectivity index (χ2v) is 6.04. The predicted octanol–water partition coefficient (Wildman–Crippen LogP) is 1.42. The van der Waals surface area contributed by atoms with E-state index >= 15 is 0 Å². The number of benzene rings is 1. The van der Waals surface area contributed by atoms with Crippen molar-refractivity contribution in [1.82, 2.24) is 20.1 Å². The van der Waals surface area contributed by atoms with Crippen LogP contribution in [0.2, 0.25) is 0 Å². The molecule has 24 heavy (non-hydrogen) atoms. The van der Waals surface area contributed by atoms with E-state index in [1.54, 1.807) is 0 Å². The molecule has 0 spiro atoms. The summed E-state index contributed by atoms with van der Waals surface area (Å²) >= 11 is 0. The third-order valence-electron chi connectivity index (χ3n) is 4.46. The van der Waals surface area contributed by atoms with E-state index in [9.17, 15) is 4.79 Å². The van der Waals surface area contributed by atoms with Gasteiger partial charge in [0.05, 0.1) is 11.6 Å². The number of aromatic amines is 1. The van der Waals surface area contributed by atoms with Gasteiger partial charge in [0.15, 0.2) is 0 Å². The first kappa shape index (κ1) is 16.3. The lowest BCUT2D eigenvalue weighted by atomic mass is 10.1. The van der Waals surface area contributed by atoms with E-state index < -0.39 is 6.09 Å². The maximum Gasteiger partial charge on any atom is 0.404 e. The van der Waals surface area contributed by atoms with Crippen LogP contribution in [-0.2, 0) is 6.54 Å². The number of aromatic nitrogens is 1. The standard InChI is InChI=1S/C17H21N5O2/c18-10-13-1-2-15-14(11-20-16(15)9-13)12-22-7-5-21(6-8-22)4-3-19-17(23)24/h1-2,9,11,19-20H,3-8,12H2,(H,23,24). The molecule has 1 saturated heterocycles. The van der Waals surface area contributed by atoms with Gasteiger partial charge in [-0.3, -0.25) is 9.80 Å². The normalized spacial score (nSPS) is 16.1. The van der Waals surface area contributed by atoms with Gasteiger partial charge in [0.25, 0.3) is 0 Å². The molecule has 0 aliphatic carbocycles. The Kier molecular flexibility index (Phi) is 4.99. The Morgan fingerprint density at radius 1 is 1.29 bits per heavy atom. The quantitative estimate of drug-likeness (QED) is 0.772. The number of rotatable bonds is 5. The molecule has 7 nitrogen and oxygen atoms in total. The lowest BCUT2D eigenvalue weighted by molar-refractivity contribution is 0.127. The number of nitriles is 1. The van der Waals surface area contributed by atoms with Gasteiger partial charge in [0.1, 0.15) is 0 Å². The largest absolute Gasteiger partial charge is 0.465 e. The zero-order chi connectivity index (χ0) is 16.9. The van der Waals surface area contributed by atoms with Crippen LogP contribution in [0.1, 0.15) is 11.1 Å². The summed E-state index contributed by atoms with van der Waals surface area (Å²) in [7, 11) is 0. The number of carbonyl (C=O) groups is 1. The van der Waals surface area contributed by atoms with Crippen LogP contribution in [0.5, 0.6) is 0 Å². The molecule has 3 rings (SSSR count). The van der Waals surface area contributed by atoms with Crippen molar-refractivity contribution in [1.29, 1.82) is 5.26 Å². The number of nitrogens with one attached hydrogen (secondary N) is 2. The van der Waals surface area contributed by atoms with Crippen molar-refractivity contribution >= 4 is 17.0 Å². The van der Waals surface area contributed by atoms with Crippen molar-refractivity contribution in [2.75, 3.05) is 39.3 Å². The van der Waals surface area contributed by atoms with Crippen LogP contribution in [0, 0.1) is 11.3 Å². The van der Waals surface area contributed by atoms with Gasteiger partial charge < -0.3 is 15.4 Å². The smallest absolute Gasteiger partial charge is 0.404 e. The summed E-state index contributed by atoms with van der Waals surface area (Å²) in [6.45, 7) is 5.94. The molecule has 1 aliphatic rings. The topological polar surface area (TPSA) is 95.4 Å². The molecule has 1 aromatic carbocycles. The summed E-state index contributed by atoms with van der Waals surface area (Å²) in [5.41, 5.74) is 2.91. The van der Waals surface area contributed by atoms with Gasteiger partial charge in [0, 0.05) is 62.9 Å². The summed E-state index contributed by atoms with van der Waals surface area (Å²) in [5, 5.41) is 21.1. The molecule has 1 fully saturated rings. The molecule has 0 unspecified atom stereocenters. The van der Waals surface area contributed by atoms with Gasteiger partial charge in [-0.1, -0.05) is 6.07 Å². The van der Waals surface area contributed by atoms with Crippen LogP contribution >= 0.6 is 0 Å². The number of piperazine rings is 1. The van der Waals surface area contributed by atoms with Gasteiger partial charge in [0.2, 0.25) is 0 Å². The highest BCUT2D eigenvalue weighted by Crippen LogP contribution is 2.21. The summed E-state index contributed by atoms with van der Waals surface area (Å²) in [6.07, 6.45) is 1.06. The van der Waals surface area contributed by atoms with Crippen molar-refractivity contribution in [2.45, 2.75) is 6.54 Å². The Labute approximate surface area is 140 Å². The fourth-order valence-electron chi connectivity index (χ4n) is 3.12. The number of hydrogen-bond acceptors (Lipinski definition) is 4. The van der Waals surface area contributed by atoms with E-state index in [2.05, 4.69) is 26.2 Å². The van der Waals surface area contributed by atoms with Crippen molar-refractivity contribution in [3.05, 3.63) is 35.5 Å². The highest BCUT2D eigenvalue weighted by atomic mass is 16.4. The fraction of sp³-hybridized carbons (Fsp3) is 0.412. The summed E-state index contributed by atoms with van der Waals surface area (Å²) < 4.78 is 0. The van der Waals surface area contributed by atoms with E-state index in [0.29, 0.717) is 12.1 Å². The van der Waals surface area contributed by atoms with Crippen LogP contribution in [-0.4, -0.2) is 65.3 Å². The minimum absolute atomic E-state index is 0.471. The first-order valence-electron chi connectivity index (χ1n) is 8.07. The van der Waals surface area contributed by atoms with Crippen LogP contribution in [0.4, 0.5) is 4.79 Å². The molecule has 0 radical (unpaired) electrons. The molecular formula is C17H21N5O2. The van der Waals surface area contributed by atoms with Crippen molar-refractivity contribution in [2.24, 2.45) is 0 Å². The number of fused-ring (bicyclic) bond motifs is 1. The molecule has 2 aromatic rings. The molecule has 2 heterocycles. The molecule has 126 valence electrons.